The highest BCUT2D eigenvalue weighted by atomic mass is 35.5. The molecule has 0 unspecified atom stereocenters. The smallest absolute Gasteiger partial charge is 0.347 e. The number of benzene rings is 2. The van der Waals surface area contributed by atoms with Crippen LogP contribution in [-0.2, 0) is 19.2 Å². The van der Waals surface area contributed by atoms with E-state index in [2.05, 4.69) is 10.5 Å². The van der Waals surface area contributed by atoms with Crippen molar-refractivity contribution in [1.82, 2.24) is 0 Å². The first kappa shape index (κ1) is 19.3. The second-order valence-electron chi connectivity index (χ2n) is 5.00. The Morgan fingerprint density at radius 3 is 2.62 bits per heavy atom. The zero-order chi connectivity index (χ0) is 18.8. The van der Waals surface area contributed by atoms with E-state index in [-0.39, 0.29) is 0 Å². The number of esters is 1. The normalized spacial score (nSPS) is 10.4. The average Bonchev–Trinajstić information content (AvgIpc) is 2.64. The molecule has 0 aliphatic heterocycles. The second-order valence-corrected chi connectivity index (χ2v) is 5.44. The molecular formula is C18H17ClN2O5. The molecule has 0 fully saturated rings. The standard InChI is InChI=1S/C18H17ClN2O5/c1-24-16-7-5-13(6-8-16)10-20-26-12-18(23)25-11-17(22)21-15-4-2-3-14(19)9-15/h2-10H,11-12H2,1H3,(H,21,22)/b20-10-. The number of oxime groups is 1. The van der Waals surface area contributed by atoms with Crippen molar-refractivity contribution in [1.29, 1.82) is 0 Å². The summed E-state index contributed by atoms with van der Waals surface area (Å²) in [5.41, 5.74) is 1.29. The van der Waals surface area contributed by atoms with Gasteiger partial charge in [0.05, 0.1) is 13.3 Å². The molecule has 136 valence electrons. The fourth-order valence-corrected chi connectivity index (χ4v) is 2.02. The van der Waals surface area contributed by atoms with Crippen LogP contribution in [0.25, 0.3) is 0 Å². The van der Waals surface area contributed by atoms with Crippen LogP contribution >= 0.6 is 11.6 Å². The van der Waals surface area contributed by atoms with Gasteiger partial charge in [-0.05, 0) is 48.0 Å². The number of nitrogens with zero attached hydrogens (tertiary/aromatic N) is 1. The van der Waals surface area contributed by atoms with Gasteiger partial charge in [0.15, 0.2) is 6.61 Å². The Morgan fingerprint density at radius 2 is 1.92 bits per heavy atom. The largest absolute Gasteiger partial charge is 0.497 e. The highest BCUT2D eigenvalue weighted by Gasteiger charge is 2.08. The molecule has 0 aromatic heterocycles. The second kappa shape index (κ2) is 10.0. The van der Waals surface area contributed by atoms with Crippen LogP contribution in [0.1, 0.15) is 5.56 Å². The lowest BCUT2D eigenvalue weighted by molar-refractivity contribution is -0.151. The summed E-state index contributed by atoms with van der Waals surface area (Å²) in [6.07, 6.45) is 1.44. The van der Waals surface area contributed by atoms with Crippen LogP contribution in [0.5, 0.6) is 5.75 Å². The summed E-state index contributed by atoms with van der Waals surface area (Å²) in [4.78, 5) is 28.0. The Labute approximate surface area is 155 Å². The predicted molar refractivity (Wildman–Crippen MR) is 97.6 cm³/mol. The van der Waals surface area contributed by atoms with Gasteiger partial charge in [0.1, 0.15) is 5.75 Å². The Bertz CT molecular complexity index is 777. The summed E-state index contributed by atoms with van der Waals surface area (Å²) in [6, 6.07) is 13.7. The Kier molecular flexibility index (Phi) is 7.45. The first-order valence-electron chi connectivity index (χ1n) is 7.57. The van der Waals surface area contributed by atoms with Crippen molar-refractivity contribution in [2.24, 2.45) is 5.16 Å². The summed E-state index contributed by atoms with van der Waals surface area (Å²) >= 11 is 5.81. The van der Waals surface area contributed by atoms with E-state index in [1.54, 1.807) is 55.6 Å². The molecule has 0 atom stereocenters. The summed E-state index contributed by atoms with van der Waals surface area (Å²) in [5.74, 6) is -0.469. The van der Waals surface area contributed by atoms with Gasteiger partial charge in [-0.3, -0.25) is 4.79 Å². The Balaban J connectivity index is 1.66. The molecule has 7 nitrogen and oxygen atoms in total. The third-order valence-electron chi connectivity index (χ3n) is 3.05. The Hall–Kier alpha value is -3.06. The molecule has 0 radical (unpaired) electrons. The summed E-state index contributed by atoms with van der Waals surface area (Å²) in [7, 11) is 1.58. The molecule has 0 heterocycles. The summed E-state index contributed by atoms with van der Waals surface area (Å²) in [5, 5.41) is 6.70. The van der Waals surface area contributed by atoms with Gasteiger partial charge in [0.25, 0.3) is 5.91 Å². The number of carbonyl (C=O) groups is 2. The first-order valence-corrected chi connectivity index (χ1v) is 7.95. The van der Waals surface area contributed by atoms with Gasteiger partial charge in [-0.1, -0.05) is 22.8 Å². The lowest BCUT2D eigenvalue weighted by Gasteiger charge is -2.06. The molecular weight excluding hydrogens is 360 g/mol. The summed E-state index contributed by atoms with van der Waals surface area (Å²) in [6.45, 7) is -0.839. The third kappa shape index (κ3) is 6.82. The monoisotopic (exact) mass is 376 g/mol. The maximum absolute atomic E-state index is 11.7. The van der Waals surface area contributed by atoms with Crippen molar-refractivity contribution >= 4 is 35.4 Å². The number of halogens is 1. The van der Waals surface area contributed by atoms with Gasteiger partial charge in [-0.25, -0.2) is 4.79 Å². The number of amides is 1. The quantitative estimate of drug-likeness (QED) is 0.435. The van der Waals surface area contributed by atoms with E-state index in [0.717, 1.165) is 11.3 Å². The van der Waals surface area contributed by atoms with Crippen LogP contribution in [0.4, 0.5) is 5.69 Å². The molecule has 26 heavy (non-hydrogen) atoms. The van der Waals surface area contributed by atoms with Crippen molar-refractivity contribution in [3.05, 3.63) is 59.1 Å². The minimum absolute atomic E-state index is 0.406. The first-order chi connectivity index (χ1) is 12.6. The van der Waals surface area contributed by atoms with Crippen molar-refractivity contribution < 1.29 is 23.9 Å². The number of anilines is 1. The van der Waals surface area contributed by atoms with Crippen molar-refractivity contribution in [3.8, 4) is 5.75 Å². The molecule has 0 aliphatic rings. The van der Waals surface area contributed by atoms with E-state index in [1.165, 1.54) is 6.21 Å². The number of carbonyl (C=O) groups excluding carboxylic acids is 2. The molecule has 0 aliphatic carbocycles. The highest BCUT2D eigenvalue weighted by Crippen LogP contribution is 2.14. The van der Waals surface area contributed by atoms with Crippen LogP contribution < -0.4 is 10.1 Å². The number of ether oxygens (including phenoxy) is 2. The molecule has 0 saturated carbocycles. The summed E-state index contributed by atoms with van der Waals surface area (Å²) < 4.78 is 9.83. The number of hydrogen-bond acceptors (Lipinski definition) is 6. The van der Waals surface area contributed by atoms with Crippen LogP contribution in [-0.4, -0.2) is 38.4 Å². The molecule has 2 rings (SSSR count). The maximum atomic E-state index is 11.7. The highest BCUT2D eigenvalue weighted by molar-refractivity contribution is 6.30. The van der Waals surface area contributed by atoms with Gasteiger partial charge in [-0.15, -0.1) is 0 Å². The fraction of sp³-hybridized carbons (Fsp3) is 0.167. The topological polar surface area (TPSA) is 86.2 Å². The minimum atomic E-state index is -0.710. The van der Waals surface area contributed by atoms with Crippen molar-refractivity contribution in [3.63, 3.8) is 0 Å². The van der Waals surface area contributed by atoms with Crippen molar-refractivity contribution in [2.75, 3.05) is 25.6 Å². The molecule has 1 N–H and O–H groups in total. The molecule has 2 aromatic carbocycles. The molecule has 2 aromatic rings. The number of rotatable bonds is 8. The predicted octanol–water partition coefficient (Wildman–Crippen LogP) is 2.88. The van der Waals surface area contributed by atoms with Crippen molar-refractivity contribution in [2.45, 2.75) is 0 Å². The van der Waals surface area contributed by atoms with Crippen LogP contribution in [0.15, 0.2) is 53.7 Å². The zero-order valence-corrected chi connectivity index (χ0v) is 14.7. The average molecular weight is 377 g/mol. The van der Waals surface area contributed by atoms with Crippen LogP contribution in [0.3, 0.4) is 0 Å². The number of hydrogen-bond donors (Lipinski definition) is 1. The fourth-order valence-electron chi connectivity index (χ4n) is 1.83. The third-order valence-corrected chi connectivity index (χ3v) is 3.28. The number of methoxy groups -OCH3 is 1. The van der Waals surface area contributed by atoms with E-state index in [9.17, 15) is 9.59 Å². The maximum Gasteiger partial charge on any atom is 0.347 e. The van der Waals surface area contributed by atoms with E-state index >= 15 is 0 Å². The van der Waals surface area contributed by atoms with Crippen LogP contribution in [0, 0.1) is 0 Å². The van der Waals surface area contributed by atoms with Gasteiger partial charge >= 0.3 is 5.97 Å². The molecule has 0 spiro atoms. The number of nitrogens with one attached hydrogen (secondary N) is 1. The SMILES string of the molecule is COc1ccc(/C=N\OCC(=O)OCC(=O)Nc2cccc(Cl)c2)cc1. The Morgan fingerprint density at radius 1 is 1.15 bits per heavy atom. The lowest BCUT2D eigenvalue weighted by atomic mass is 10.2. The van der Waals surface area contributed by atoms with E-state index in [0.29, 0.717) is 10.7 Å². The van der Waals surface area contributed by atoms with E-state index in [1.807, 2.05) is 0 Å². The van der Waals surface area contributed by atoms with E-state index < -0.39 is 25.1 Å². The zero-order valence-electron chi connectivity index (χ0n) is 14.0. The lowest BCUT2D eigenvalue weighted by Crippen LogP contribution is -2.22. The van der Waals surface area contributed by atoms with Crippen LogP contribution in [0.2, 0.25) is 5.02 Å². The van der Waals surface area contributed by atoms with Gasteiger partial charge in [0, 0.05) is 10.7 Å². The van der Waals surface area contributed by atoms with E-state index in [4.69, 9.17) is 25.9 Å². The molecule has 0 saturated heterocycles. The van der Waals surface area contributed by atoms with Gasteiger partial charge in [0.2, 0.25) is 6.61 Å². The minimum Gasteiger partial charge on any atom is -0.497 e. The molecule has 1 amide bonds. The van der Waals surface area contributed by atoms with Gasteiger partial charge in [-0.2, -0.15) is 0 Å². The van der Waals surface area contributed by atoms with Gasteiger partial charge < -0.3 is 19.6 Å². The molecule has 8 heteroatoms. The molecule has 0 bridgehead atoms.